The maximum absolute atomic E-state index is 12.3. The number of benzene rings is 1. The summed E-state index contributed by atoms with van der Waals surface area (Å²) in [4.78, 5) is 14.7. The van der Waals surface area contributed by atoms with Crippen LogP contribution in [0.15, 0.2) is 35.7 Å². The van der Waals surface area contributed by atoms with Gasteiger partial charge in [-0.25, -0.2) is 0 Å². The van der Waals surface area contributed by atoms with Crippen LogP contribution in [-0.2, 0) is 6.54 Å². The molecule has 0 saturated heterocycles. The molecule has 21 heavy (non-hydrogen) atoms. The molecule has 1 heterocycles. The number of thiophene rings is 1. The Bertz CT molecular complexity index is 682. The Morgan fingerprint density at radius 1 is 1.38 bits per heavy atom. The van der Waals surface area contributed by atoms with Crippen LogP contribution in [0, 0.1) is 11.8 Å². The van der Waals surface area contributed by atoms with E-state index >= 15 is 0 Å². The summed E-state index contributed by atoms with van der Waals surface area (Å²) in [5.74, 6) is 5.31. The lowest BCUT2D eigenvalue weighted by molar-refractivity contribution is 0.0785. The highest BCUT2D eigenvalue weighted by Gasteiger charge is 2.13. The molecule has 0 unspecified atom stereocenters. The second-order valence-corrected chi connectivity index (χ2v) is 5.79. The second kappa shape index (κ2) is 7.28. The lowest BCUT2D eigenvalue weighted by Crippen LogP contribution is -2.25. The van der Waals surface area contributed by atoms with Crippen molar-refractivity contribution in [2.24, 2.45) is 0 Å². The average Bonchev–Trinajstić information content (AvgIpc) is 2.95. The predicted octanol–water partition coefficient (Wildman–Crippen LogP) is 3.02. The summed E-state index contributed by atoms with van der Waals surface area (Å²) in [6.07, 6.45) is 0. The van der Waals surface area contributed by atoms with Crippen molar-refractivity contribution in [1.29, 1.82) is 0 Å². The first-order chi connectivity index (χ1) is 10.1. The molecule has 0 aliphatic carbocycles. The van der Waals surface area contributed by atoms with Gasteiger partial charge in [-0.2, -0.15) is 0 Å². The molecular formula is C16H14ClNO2S. The minimum absolute atomic E-state index is 0.0572. The second-order valence-electron chi connectivity index (χ2n) is 4.45. The van der Waals surface area contributed by atoms with Gasteiger partial charge in [-0.1, -0.05) is 35.6 Å². The molecule has 3 nitrogen and oxygen atoms in total. The van der Waals surface area contributed by atoms with Crippen LogP contribution in [0.2, 0.25) is 5.02 Å². The third-order valence-electron chi connectivity index (χ3n) is 2.82. The fourth-order valence-electron chi connectivity index (χ4n) is 1.80. The van der Waals surface area contributed by atoms with Gasteiger partial charge in [-0.3, -0.25) is 4.79 Å². The molecule has 108 valence electrons. The highest BCUT2D eigenvalue weighted by atomic mass is 35.5. The van der Waals surface area contributed by atoms with Gasteiger partial charge in [-0.05, 0) is 23.8 Å². The van der Waals surface area contributed by atoms with Crippen molar-refractivity contribution in [3.8, 4) is 11.8 Å². The number of hydrogen-bond donors (Lipinski definition) is 1. The van der Waals surface area contributed by atoms with E-state index in [0.29, 0.717) is 17.1 Å². The highest BCUT2D eigenvalue weighted by molar-refractivity contribution is 7.10. The summed E-state index contributed by atoms with van der Waals surface area (Å²) < 4.78 is 0. The molecule has 0 saturated carbocycles. The lowest BCUT2D eigenvalue weighted by atomic mass is 10.2. The summed E-state index contributed by atoms with van der Waals surface area (Å²) in [7, 11) is 1.76. The van der Waals surface area contributed by atoms with Gasteiger partial charge in [0.2, 0.25) is 0 Å². The van der Waals surface area contributed by atoms with E-state index in [1.807, 2.05) is 24.3 Å². The topological polar surface area (TPSA) is 40.5 Å². The molecule has 0 atom stereocenters. The highest BCUT2D eigenvalue weighted by Crippen LogP contribution is 2.17. The van der Waals surface area contributed by atoms with E-state index in [2.05, 4.69) is 11.8 Å². The van der Waals surface area contributed by atoms with Crippen molar-refractivity contribution in [1.82, 2.24) is 4.90 Å². The van der Waals surface area contributed by atoms with Crippen molar-refractivity contribution in [3.63, 3.8) is 0 Å². The molecule has 0 aliphatic rings. The van der Waals surface area contributed by atoms with Crippen molar-refractivity contribution in [2.45, 2.75) is 6.54 Å². The Morgan fingerprint density at radius 3 is 2.76 bits per heavy atom. The van der Waals surface area contributed by atoms with Crippen LogP contribution in [0.4, 0.5) is 0 Å². The molecule has 1 N–H and O–H groups in total. The molecule has 1 amide bonds. The van der Waals surface area contributed by atoms with Crippen LogP contribution in [0.5, 0.6) is 0 Å². The zero-order valence-corrected chi connectivity index (χ0v) is 13.0. The normalized spacial score (nSPS) is 9.86. The van der Waals surface area contributed by atoms with Crippen LogP contribution >= 0.6 is 22.9 Å². The van der Waals surface area contributed by atoms with Crippen LogP contribution < -0.4 is 0 Å². The number of aliphatic hydroxyl groups excluding tert-OH is 1. The van der Waals surface area contributed by atoms with Gasteiger partial charge >= 0.3 is 0 Å². The number of carbonyl (C=O) groups is 1. The SMILES string of the molecule is CN(Cc1ccc(Cl)cc1)C(=O)c1csc(C#CCO)c1. The monoisotopic (exact) mass is 319 g/mol. The number of nitrogens with zero attached hydrogens (tertiary/aromatic N) is 1. The van der Waals surface area contributed by atoms with Gasteiger partial charge in [-0.15, -0.1) is 11.3 Å². The Labute approximate surface area is 132 Å². The third kappa shape index (κ3) is 4.33. The van der Waals surface area contributed by atoms with Gasteiger partial charge in [0, 0.05) is 24.0 Å². The van der Waals surface area contributed by atoms with E-state index in [4.69, 9.17) is 16.7 Å². The minimum Gasteiger partial charge on any atom is -0.384 e. The van der Waals surface area contributed by atoms with Gasteiger partial charge in [0.05, 0.1) is 10.4 Å². The molecule has 0 spiro atoms. The summed E-state index contributed by atoms with van der Waals surface area (Å²) in [6, 6.07) is 9.16. The number of hydrogen-bond acceptors (Lipinski definition) is 3. The molecule has 0 radical (unpaired) electrons. The number of aliphatic hydroxyl groups is 1. The molecule has 2 rings (SSSR count). The first kappa shape index (κ1) is 15.6. The zero-order chi connectivity index (χ0) is 15.2. The minimum atomic E-state index is -0.183. The fraction of sp³-hybridized carbons (Fsp3) is 0.188. The Hall–Kier alpha value is -1.80. The quantitative estimate of drug-likeness (QED) is 0.883. The summed E-state index contributed by atoms with van der Waals surface area (Å²) in [6.45, 7) is 0.334. The smallest absolute Gasteiger partial charge is 0.254 e. The summed E-state index contributed by atoms with van der Waals surface area (Å²) in [5, 5.41) is 11.1. The van der Waals surface area contributed by atoms with Crippen molar-refractivity contribution in [2.75, 3.05) is 13.7 Å². The number of amides is 1. The standard InChI is InChI=1S/C16H14ClNO2S/c1-18(10-12-4-6-14(17)7-5-12)16(20)13-9-15(21-11-13)3-2-8-19/h4-7,9,11,19H,8,10H2,1H3. The number of halogens is 1. The molecule has 1 aromatic carbocycles. The van der Waals surface area contributed by atoms with E-state index in [1.165, 1.54) is 11.3 Å². The van der Waals surface area contributed by atoms with Crippen molar-refractivity contribution < 1.29 is 9.90 Å². The fourth-order valence-corrected chi connectivity index (χ4v) is 2.67. The van der Waals surface area contributed by atoms with E-state index in [1.54, 1.807) is 23.4 Å². The van der Waals surface area contributed by atoms with Crippen molar-refractivity contribution in [3.05, 3.63) is 56.7 Å². The van der Waals surface area contributed by atoms with Gasteiger partial charge in [0.15, 0.2) is 0 Å². The zero-order valence-electron chi connectivity index (χ0n) is 11.5. The lowest BCUT2D eigenvalue weighted by Gasteiger charge is -2.16. The van der Waals surface area contributed by atoms with E-state index in [-0.39, 0.29) is 12.5 Å². The Balaban J connectivity index is 2.05. The molecule has 0 aliphatic heterocycles. The predicted molar refractivity (Wildman–Crippen MR) is 85.5 cm³/mol. The molecule has 1 aromatic heterocycles. The van der Waals surface area contributed by atoms with Crippen LogP contribution in [0.25, 0.3) is 0 Å². The average molecular weight is 320 g/mol. The third-order valence-corrected chi connectivity index (χ3v) is 3.91. The van der Waals surface area contributed by atoms with Gasteiger partial charge in [0.25, 0.3) is 5.91 Å². The van der Waals surface area contributed by atoms with Crippen LogP contribution in [0.1, 0.15) is 20.8 Å². The molecule has 5 heteroatoms. The van der Waals surface area contributed by atoms with Crippen molar-refractivity contribution >= 4 is 28.8 Å². The van der Waals surface area contributed by atoms with E-state index in [0.717, 1.165) is 10.4 Å². The maximum Gasteiger partial charge on any atom is 0.254 e. The summed E-state index contributed by atoms with van der Waals surface area (Å²) >= 11 is 7.24. The first-order valence-electron chi connectivity index (χ1n) is 6.28. The van der Waals surface area contributed by atoms with E-state index < -0.39 is 0 Å². The molecule has 0 bridgehead atoms. The van der Waals surface area contributed by atoms with Crippen LogP contribution in [-0.4, -0.2) is 29.6 Å². The molecule has 2 aromatic rings. The molecule has 0 fully saturated rings. The largest absolute Gasteiger partial charge is 0.384 e. The summed E-state index contributed by atoms with van der Waals surface area (Å²) in [5.41, 5.74) is 1.63. The maximum atomic E-state index is 12.3. The Kier molecular flexibility index (Phi) is 5.40. The van der Waals surface area contributed by atoms with Gasteiger partial charge in [0.1, 0.15) is 6.61 Å². The van der Waals surface area contributed by atoms with E-state index in [9.17, 15) is 4.79 Å². The first-order valence-corrected chi connectivity index (χ1v) is 7.54. The number of carbonyl (C=O) groups excluding carboxylic acids is 1. The van der Waals surface area contributed by atoms with Crippen LogP contribution in [0.3, 0.4) is 0 Å². The molecular weight excluding hydrogens is 306 g/mol. The Morgan fingerprint density at radius 2 is 2.10 bits per heavy atom. The number of rotatable bonds is 3. The van der Waals surface area contributed by atoms with Gasteiger partial charge < -0.3 is 10.0 Å².